The van der Waals surface area contributed by atoms with E-state index >= 15 is 0 Å². The van der Waals surface area contributed by atoms with Crippen LogP contribution in [0.3, 0.4) is 0 Å². The second-order valence-corrected chi connectivity index (χ2v) is 2.91. The summed E-state index contributed by atoms with van der Waals surface area (Å²) in [6.07, 6.45) is -1.72. The van der Waals surface area contributed by atoms with Gasteiger partial charge in [0.25, 0.3) is 6.43 Å². The minimum atomic E-state index is -2.85. The van der Waals surface area contributed by atoms with Crippen molar-refractivity contribution in [2.24, 2.45) is 0 Å². The van der Waals surface area contributed by atoms with Crippen LogP contribution < -0.4 is 0 Å². The summed E-state index contributed by atoms with van der Waals surface area (Å²) >= 11 is 10.9. The summed E-state index contributed by atoms with van der Waals surface area (Å²) in [5.41, 5.74) is -0.399. The maximum atomic E-state index is 12.1. The van der Waals surface area contributed by atoms with Gasteiger partial charge in [0, 0.05) is 11.8 Å². The third-order valence-electron chi connectivity index (χ3n) is 1.44. The van der Waals surface area contributed by atoms with Gasteiger partial charge < -0.3 is 5.11 Å². The van der Waals surface area contributed by atoms with Crippen LogP contribution in [-0.4, -0.2) is 10.1 Å². The molecule has 0 atom stereocenters. The number of alkyl halides is 3. The summed E-state index contributed by atoms with van der Waals surface area (Å²) in [4.78, 5) is 3.34. The molecule has 6 heteroatoms. The lowest BCUT2D eigenvalue weighted by molar-refractivity contribution is 0.142. The second-order valence-electron chi connectivity index (χ2n) is 2.27. The molecule has 13 heavy (non-hydrogen) atoms. The fourth-order valence-corrected chi connectivity index (χ4v) is 1.27. The molecule has 0 amide bonds. The van der Waals surface area contributed by atoms with Crippen LogP contribution in [-0.2, 0) is 5.88 Å². The van der Waals surface area contributed by atoms with E-state index in [1.165, 1.54) is 0 Å². The lowest BCUT2D eigenvalue weighted by atomic mass is 10.2. The van der Waals surface area contributed by atoms with E-state index in [-0.39, 0.29) is 10.9 Å². The first-order valence-electron chi connectivity index (χ1n) is 3.28. The Morgan fingerprint density at radius 3 is 2.62 bits per heavy atom. The molecule has 2 nitrogen and oxygen atoms in total. The highest BCUT2D eigenvalue weighted by Crippen LogP contribution is 2.34. The molecule has 0 radical (unpaired) electrons. The molecular formula is C7H5Cl2F2NO. The van der Waals surface area contributed by atoms with Crippen LogP contribution in [0.2, 0.25) is 5.02 Å². The Labute approximate surface area is 83.1 Å². The molecule has 0 fully saturated rings. The van der Waals surface area contributed by atoms with Crippen LogP contribution >= 0.6 is 23.2 Å². The first kappa shape index (κ1) is 10.5. The largest absolute Gasteiger partial charge is 0.504 e. The topological polar surface area (TPSA) is 33.1 Å². The van der Waals surface area contributed by atoms with Crippen LogP contribution in [0.5, 0.6) is 5.75 Å². The molecule has 0 saturated carbocycles. The molecule has 1 aromatic heterocycles. The van der Waals surface area contributed by atoms with Gasteiger partial charge in [0.1, 0.15) is 5.69 Å². The number of rotatable bonds is 2. The Kier molecular flexibility index (Phi) is 3.27. The molecule has 0 aliphatic carbocycles. The first-order chi connectivity index (χ1) is 6.07. The lowest BCUT2D eigenvalue weighted by Crippen LogP contribution is -1.94. The smallest absolute Gasteiger partial charge is 0.284 e. The van der Waals surface area contributed by atoms with Gasteiger partial charge in [0.2, 0.25) is 0 Å². The van der Waals surface area contributed by atoms with E-state index in [9.17, 15) is 8.78 Å². The molecule has 0 saturated heterocycles. The highest BCUT2D eigenvalue weighted by atomic mass is 35.5. The molecule has 0 unspecified atom stereocenters. The van der Waals surface area contributed by atoms with E-state index in [0.717, 1.165) is 6.20 Å². The van der Waals surface area contributed by atoms with E-state index in [4.69, 9.17) is 28.3 Å². The van der Waals surface area contributed by atoms with Crippen molar-refractivity contribution in [2.45, 2.75) is 12.3 Å². The summed E-state index contributed by atoms with van der Waals surface area (Å²) in [6, 6.07) is 0. The van der Waals surface area contributed by atoms with Crippen LogP contribution in [0.15, 0.2) is 6.20 Å². The van der Waals surface area contributed by atoms with Crippen molar-refractivity contribution in [1.82, 2.24) is 4.98 Å². The van der Waals surface area contributed by atoms with Crippen molar-refractivity contribution < 1.29 is 13.9 Å². The molecular weight excluding hydrogens is 223 g/mol. The number of hydrogen-bond donors (Lipinski definition) is 1. The van der Waals surface area contributed by atoms with Crippen LogP contribution in [0.1, 0.15) is 17.7 Å². The second kappa shape index (κ2) is 4.07. The van der Waals surface area contributed by atoms with Gasteiger partial charge in [-0.1, -0.05) is 11.6 Å². The van der Waals surface area contributed by atoms with Crippen molar-refractivity contribution in [1.29, 1.82) is 0 Å². The lowest BCUT2D eigenvalue weighted by Gasteiger charge is -2.06. The zero-order chi connectivity index (χ0) is 10.0. The molecule has 1 aromatic rings. The van der Waals surface area contributed by atoms with Gasteiger partial charge >= 0.3 is 0 Å². The Balaban J connectivity index is 3.23. The minimum Gasteiger partial charge on any atom is -0.504 e. The summed E-state index contributed by atoms with van der Waals surface area (Å²) in [5, 5.41) is 8.98. The van der Waals surface area contributed by atoms with Gasteiger partial charge in [-0.2, -0.15) is 0 Å². The predicted octanol–water partition coefficient (Wildman–Crippen LogP) is 3.12. The first-order valence-corrected chi connectivity index (χ1v) is 4.19. The molecule has 72 valence electrons. The number of hydrogen-bond acceptors (Lipinski definition) is 2. The van der Waals surface area contributed by atoms with Gasteiger partial charge in [0.05, 0.1) is 10.9 Å². The highest BCUT2D eigenvalue weighted by molar-refractivity contribution is 6.33. The van der Waals surface area contributed by atoms with Gasteiger partial charge in [-0.3, -0.25) is 4.98 Å². The molecule has 1 heterocycles. The third-order valence-corrected chi connectivity index (χ3v) is 2.15. The normalized spacial score (nSPS) is 10.8. The highest BCUT2D eigenvalue weighted by Gasteiger charge is 2.18. The van der Waals surface area contributed by atoms with Crippen molar-refractivity contribution in [3.63, 3.8) is 0 Å². The molecule has 0 spiro atoms. The zero-order valence-corrected chi connectivity index (χ0v) is 7.78. The van der Waals surface area contributed by atoms with Crippen LogP contribution in [0.4, 0.5) is 8.78 Å². The monoisotopic (exact) mass is 227 g/mol. The summed E-state index contributed by atoms with van der Waals surface area (Å²) in [6.45, 7) is 0. The average Bonchev–Trinajstić information content (AvgIpc) is 2.09. The summed E-state index contributed by atoms with van der Waals surface area (Å²) in [5.74, 6) is -0.682. The molecule has 1 N–H and O–H groups in total. The fourth-order valence-electron chi connectivity index (χ4n) is 0.783. The maximum absolute atomic E-state index is 12.1. The van der Waals surface area contributed by atoms with Gasteiger partial charge in [-0.15, -0.1) is 11.6 Å². The maximum Gasteiger partial charge on any atom is 0.284 e. The minimum absolute atomic E-state index is 0.0168. The molecule has 0 aliphatic heterocycles. The zero-order valence-electron chi connectivity index (χ0n) is 6.27. The Bertz CT molecular complexity index is 320. The Morgan fingerprint density at radius 2 is 2.15 bits per heavy atom. The van der Waals surface area contributed by atoms with Crippen LogP contribution in [0.25, 0.3) is 0 Å². The summed E-state index contributed by atoms with van der Waals surface area (Å²) < 4.78 is 24.3. The van der Waals surface area contributed by atoms with Crippen LogP contribution in [0, 0.1) is 0 Å². The number of aromatic nitrogens is 1. The van der Waals surface area contributed by atoms with Crippen molar-refractivity contribution in [3.8, 4) is 5.75 Å². The van der Waals surface area contributed by atoms with E-state index in [0.29, 0.717) is 5.56 Å². The fraction of sp³-hybridized carbons (Fsp3) is 0.286. The number of nitrogens with zero attached hydrogens (tertiary/aromatic N) is 1. The van der Waals surface area contributed by atoms with E-state index in [1.54, 1.807) is 0 Å². The van der Waals surface area contributed by atoms with Crippen molar-refractivity contribution in [2.75, 3.05) is 0 Å². The van der Waals surface area contributed by atoms with E-state index in [2.05, 4.69) is 4.98 Å². The number of halogens is 4. The molecule has 0 bridgehead atoms. The van der Waals surface area contributed by atoms with Gasteiger partial charge in [-0.25, -0.2) is 8.78 Å². The summed E-state index contributed by atoms with van der Waals surface area (Å²) in [7, 11) is 0. The SMILES string of the molecule is Oc1c(C(F)F)ncc(CCl)c1Cl. The van der Waals surface area contributed by atoms with Gasteiger partial charge in [0.15, 0.2) is 5.75 Å². The molecule has 0 aromatic carbocycles. The molecule has 0 aliphatic rings. The van der Waals surface area contributed by atoms with E-state index < -0.39 is 17.9 Å². The Hall–Kier alpha value is -0.610. The van der Waals surface area contributed by atoms with E-state index in [1.807, 2.05) is 0 Å². The number of pyridine rings is 1. The van der Waals surface area contributed by atoms with Crippen molar-refractivity contribution in [3.05, 3.63) is 22.5 Å². The third kappa shape index (κ3) is 2.00. The van der Waals surface area contributed by atoms with Gasteiger partial charge in [-0.05, 0) is 0 Å². The predicted molar refractivity (Wildman–Crippen MR) is 45.4 cm³/mol. The standard InChI is InChI=1S/C7H5Cl2F2NO/c8-1-3-2-12-5(7(10)11)6(13)4(3)9/h2,7,13H,1H2. The number of aromatic hydroxyl groups is 1. The Morgan fingerprint density at radius 1 is 1.54 bits per heavy atom. The average molecular weight is 228 g/mol. The quantitative estimate of drug-likeness (QED) is 0.788. The molecule has 1 rings (SSSR count). The van der Waals surface area contributed by atoms with Crippen molar-refractivity contribution >= 4 is 23.2 Å².